The van der Waals surface area contributed by atoms with Gasteiger partial charge in [0.05, 0.1) is 11.4 Å². The molecule has 0 saturated carbocycles. The molecule has 150 valence electrons. The van der Waals surface area contributed by atoms with Crippen LogP contribution in [0.25, 0.3) is 0 Å². The van der Waals surface area contributed by atoms with Gasteiger partial charge in [-0.3, -0.25) is 14.6 Å². The minimum absolute atomic E-state index is 0.0954. The fourth-order valence-electron chi connectivity index (χ4n) is 3.73. The van der Waals surface area contributed by atoms with Crippen LogP contribution in [0.3, 0.4) is 0 Å². The number of rotatable bonds is 3. The molecule has 7 nitrogen and oxygen atoms in total. The van der Waals surface area contributed by atoms with E-state index in [-0.39, 0.29) is 24.3 Å². The Kier molecular flexibility index (Phi) is 5.36. The normalized spacial score (nSPS) is 19.9. The zero-order valence-electron chi connectivity index (χ0n) is 16.1. The lowest BCUT2D eigenvalue weighted by Gasteiger charge is -2.41. The summed E-state index contributed by atoms with van der Waals surface area (Å²) in [6.07, 6.45) is 1.63. The van der Waals surface area contributed by atoms with Gasteiger partial charge in [0, 0.05) is 28.6 Å². The Bertz CT molecular complexity index is 978. The Labute approximate surface area is 174 Å². The van der Waals surface area contributed by atoms with Crippen molar-refractivity contribution in [1.82, 2.24) is 10.2 Å². The van der Waals surface area contributed by atoms with Crippen molar-refractivity contribution in [3.05, 3.63) is 64.7 Å². The van der Waals surface area contributed by atoms with E-state index in [0.29, 0.717) is 28.5 Å². The number of fused-ring (bicyclic) bond motifs is 1. The number of hydrazine groups is 3. The molecule has 0 aromatic heterocycles. The van der Waals surface area contributed by atoms with Crippen molar-refractivity contribution in [2.75, 3.05) is 18.1 Å². The van der Waals surface area contributed by atoms with Gasteiger partial charge in [-0.2, -0.15) is 0 Å². The molecule has 2 heterocycles. The summed E-state index contributed by atoms with van der Waals surface area (Å²) >= 11 is 6.27. The number of nitrogens with two attached hydrogens (primary N) is 1. The van der Waals surface area contributed by atoms with Gasteiger partial charge in [0.25, 0.3) is 5.91 Å². The lowest BCUT2D eigenvalue weighted by atomic mass is 10.0. The molecule has 4 rings (SSSR count). The van der Waals surface area contributed by atoms with Gasteiger partial charge in [-0.1, -0.05) is 54.1 Å². The molecule has 29 heavy (non-hydrogen) atoms. The van der Waals surface area contributed by atoms with Crippen LogP contribution < -0.4 is 10.9 Å². The number of benzodiazepines with no additional fused rings is 1. The number of aliphatic imine (C=N–C) groups is 1. The predicted molar refractivity (Wildman–Crippen MR) is 112 cm³/mol. The summed E-state index contributed by atoms with van der Waals surface area (Å²) < 4.78 is 0. The van der Waals surface area contributed by atoms with Gasteiger partial charge in [-0.15, -0.1) is 0 Å². The number of hydrogen-bond donors (Lipinski definition) is 1. The maximum Gasteiger partial charge on any atom is 0.265 e. The number of hydrogen-bond acceptors (Lipinski definition) is 5. The van der Waals surface area contributed by atoms with Crippen molar-refractivity contribution < 1.29 is 9.59 Å². The van der Waals surface area contributed by atoms with Crippen molar-refractivity contribution in [1.29, 1.82) is 0 Å². The molecule has 0 bridgehead atoms. The smallest absolute Gasteiger partial charge is 0.265 e. The number of anilines is 1. The van der Waals surface area contributed by atoms with Crippen molar-refractivity contribution in [2.45, 2.75) is 19.8 Å². The Morgan fingerprint density at radius 1 is 1.17 bits per heavy atom. The number of carbonyl (C=O) groups excluding carboxylic acids is 2. The topological polar surface area (TPSA) is 82.2 Å². The Balaban J connectivity index is 1.80. The molecular formula is C21H22ClN5O2. The van der Waals surface area contributed by atoms with Crippen molar-refractivity contribution in [3.63, 3.8) is 0 Å². The Hall–Kier alpha value is -2.74. The number of piperidine rings is 1. The second-order valence-electron chi connectivity index (χ2n) is 7.22. The summed E-state index contributed by atoms with van der Waals surface area (Å²) in [4.78, 5) is 30.3. The first-order valence-electron chi connectivity index (χ1n) is 9.56. The quantitative estimate of drug-likeness (QED) is 0.622. The number of amides is 2. The molecule has 1 saturated heterocycles. The molecule has 2 N–H and O–H groups in total. The molecule has 0 radical (unpaired) electrons. The molecule has 0 spiro atoms. The summed E-state index contributed by atoms with van der Waals surface area (Å²) in [6, 6.07) is 14.8. The van der Waals surface area contributed by atoms with E-state index in [9.17, 15) is 9.59 Å². The largest absolute Gasteiger partial charge is 0.274 e. The van der Waals surface area contributed by atoms with Crippen LogP contribution in [0.4, 0.5) is 5.69 Å². The molecule has 2 amide bonds. The number of benzene rings is 2. The fraction of sp³-hybridized carbons (Fsp3) is 0.286. The van der Waals surface area contributed by atoms with Gasteiger partial charge in [-0.05, 0) is 31.0 Å². The molecule has 2 aromatic rings. The van der Waals surface area contributed by atoms with Crippen LogP contribution in [-0.2, 0) is 9.59 Å². The van der Waals surface area contributed by atoms with E-state index in [2.05, 4.69) is 4.99 Å². The van der Waals surface area contributed by atoms with Gasteiger partial charge in [0.15, 0.2) is 0 Å². The summed E-state index contributed by atoms with van der Waals surface area (Å²) in [5, 5.41) is 4.41. The van der Waals surface area contributed by atoms with Crippen molar-refractivity contribution >= 4 is 34.8 Å². The summed E-state index contributed by atoms with van der Waals surface area (Å²) in [5.41, 5.74) is 2.75. The highest BCUT2D eigenvalue weighted by molar-refractivity contribution is 6.32. The third-order valence-corrected chi connectivity index (χ3v) is 5.47. The predicted octanol–water partition coefficient (Wildman–Crippen LogP) is 2.79. The maximum absolute atomic E-state index is 13.0. The van der Waals surface area contributed by atoms with Gasteiger partial charge in [0.1, 0.15) is 6.54 Å². The van der Waals surface area contributed by atoms with Gasteiger partial charge in [-0.25, -0.2) is 15.9 Å². The highest BCUT2D eigenvalue weighted by atomic mass is 35.5. The van der Waals surface area contributed by atoms with Crippen LogP contribution >= 0.6 is 11.6 Å². The minimum atomic E-state index is -0.326. The molecular weight excluding hydrogens is 390 g/mol. The molecule has 0 aliphatic carbocycles. The van der Waals surface area contributed by atoms with E-state index in [1.54, 1.807) is 18.2 Å². The van der Waals surface area contributed by atoms with Gasteiger partial charge < -0.3 is 0 Å². The van der Waals surface area contributed by atoms with E-state index in [1.807, 2.05) is 37.3 Å². The van der Waals surface area contributed by atoms with E-state index >= 15 is 0 Å². The average molecular weight is 412 g/mol. The SMILES string of the molecule is CC1CCCN(N(N)N2C(=O)CN=C(c3ccccc3)c3cc(Cl)ccc32)C1=O. The van der Waals surface area contributed by atoms with E-state index in [0.717, 1.165) is 23.6 Å². The maximum atomic E-state index is 13.0. The molecule has 1 unspecified atom stereocenters. The van der Waals surface area contributed by atoms with Crippen LogP contribution in [0.5, 0.6) is 0 Å². The molecule has 1 fully saturated rings. The zero-order chi connectivity index (χ0) is 20.5. The zero-order valence-corrected chi connectivity index (χ0v) is 16.8. The molecule has 2 aliphatic heterocycles. The second kappa shape index (κ2) is 7.94. The first kappa shape index (κ1) is 19.6. The van der Waals surface area contributed by atoms with E-state index in [1.165, 1.54) is 10.0 Å². The van der Waals surface area contributed by atoms with Gasteiger partial charge in [0.2, 0.25) is 5.91 Å². The first-order chi connectivity index (χ1) is 14.0. The molecule has 2 aliphatic rings. The van der Waals surface area contributed by atoms with Crippen molar-refractivity contribution in [2.24, 2.45) is 16.8 Å². The lowest BCUT2D eigenvalue weighted by Crippen LogP contribution is -2.64. The minimum Gasteiger partial charge on any atom is -0.274 e. The van der Waals surface area contributed by atoms with Crippen molar-refractivity contribution in [3.8, 4) is 0 Å². The average Bonchev–Trinajstić information content (AvgIpc) is 2.86. The summed E-state index contributed by atoms with van der Waals surface area (Å²) in [7, 11) is 0. The van der Waals surface area contributed by atoms with E-state index < -0.39 is 0 Å². The third-order valence-electron chi connectivity index (χ3n) is 5.23. The summed E-state index contributed by atoms with van der Waals surface area (Å²) in [5.74, 6) is 5.76. The van der Waals surface area contributed by atoms with Crippen LogP contribution in [-0.4, -0.2) is 40.9 Å². The number of nitrogens with zero attached hydrogens (tertiary/aromatic N) is 4. The standard InChI is InChI=1S/C21H22ClN5O2/c1-14-6-5-11-25(21(14)29)27(23)26-18-10-9-16(22)12-17(18)20(24-13-19(26)28)15-7-3-2-4-8-15/h2-4,7-10,12,14H,5-6,11,13,23H2,1H3. The highest BCUT2D eigenvalue weighted by Crippen LogP contribution is 2.31. The van der Waals surface area contributed by atoms with E-state index in [4.69, 9.17) is 17.4 Å². The van der Waals surface area contributed by atoms with Crippen LogP contribution in [0.15, 0.2) is 53.5 Å². The van der Waals surface area contributed by atoms with Crippen LogP contribution in [0, 0.1) is 5.92 Å². The Morgan fingerprint density at radius 2 is 1.93 bits per heavy atom. The second-order valence-corrected chi connectivity index (χ2v) is 7.66. The van der Waals surface area contributed by atoms with Crippen LogP contribution in [0.2, 0.25) is 5.02 Å². The number of carbonyl (C=O) groups is 2. The third kappa shape index (κ3) is 3.64. The number of halogens is 1. The molecule has 8 heteroatoms. The van der Waals surface area contributed by atoms with Crippen LogP contribution in [0.1, 0.15) is 30.9 Å². The lowest BCUT2D eigenvalue weighted by molar-refractivity contribution is -0.162. The monoisotopic (exact) mass is 411 g/mol. The first-order valence-corrected chi connectivity index (χ1v) is 9.94. The Morgan fingerprint density at radius 3 is 2.69 bits per heavy atom. The highest BCUT2D eigenvalue weighted by Gasteiger charge is 2.36. The summed E-state index contributed by atoms with van der Waals surface area (Å²) in [6.45, 7) is 2.23. The van der Waals surface area contributed by atoms with Gasteiger partial charge >= 0.3 is 0 Å². The molecule has 2 aromatic carbocycles. The molecule has 1 atom stereocenters. The fourth-order valence-corrected chi connectivity index (χ4v) is 3.90.